The van der Waals surface area contributed by atoms with Crippen molar-refractivity contribution in [2.24, 2.45) is 0 Å². The predicted molar refractivity (Wildman–Crippen MR) is 78.8 cm³/mol. The van der Waals surface area contributed by atoms with Crippen LogP contribution in [0.5, 0.6) is 0 Å². The number of aromatic nitrogens is 6. The highest BCUT2D eigenvalue weighted by atomic mass is 32.2. The van der Waals surface area contributed by atoms with Gasteiger partial charge in [0.15, 0.2) is 0 Å². The number of nitrogens with one attached hydrogen (secondary N) is 1. The topological polar surface area (TPSA) is 94.5 Å². The summed E-state index contributed by atoms with van der Waals surface area (Å²) in [5.74, 6) is 1.82. The molecular weight excluding hydrogens is 290 g/mol. The lowest BCUT2D eigenvalue weighted by molar-refractivity contribution is 0.396. The molecule has 0 aliphatic carbocycles. The Hall–Kier alpha value is -1.48. The van der Waals surface area contributed by atoms with Crippen molar-refractivity contribution in [3.05, 3.63) is 11.8 Å². The van der Waals surface area contributed by atoms with Crippen LogP contribution in [0.15, 0.2) is 9.57 Å². The average Bonchev–Trinajstić information content (AvgIpc) is 3.03. The van der Waals surface area contributed by atoms with Gasteiger partial charge >= 0.3 is 0 Å². The Labute approximate surface area is 128 Å². The SMILES string of the molecule is CCc1nnc(CSc2nnnn2CCNC(C)(C)C)o1. The number of rotatable bonds is 7. The third-order valence-electron chi connectivity index (χ3n) is 2.61. The Balaban J connectivity index is 1.85. The fraction of sp³-hybridized carbons (Fsp3) is 0.750. The van der Waals surface area contributed by atoms with Gasteiger partial charge in [0.25, 0.3) is 0 Å². The monoisotopic (exact) mass is 311 g/mol. The van der Waals surface area contributed by atoms with Gasteiger partial charge in [-0.05, 0) is 31.2 Å². The zero-order chi connectivity index (χ0) is 15.3. The van der Waals surface area contributed by atoms with Crippen LogP contribution in [0.3, 0.4) is 0 Å². The summed E-state index contributed by atoms with van der Waals surface area (Å²) in [6, 6.07) is 0. The minimum Gasteiger partial charge on any atom is -0.424 e. The normalized spacial score (nSPS) is 12.0. The van der Waals surface area contributed by atoms with Crippen molar-refractivity contribution in [1.82, 2.24) is 35.7 Å². The molecule has 2 aromatic heterocycles. The van der Waals surface area contributed by atoms with Gasteiger partial charge in [-0.25, -0.2) is 4.68 Å². The van der Waals surface area contributed by atoms with Crippen molar-refractivity contribution in [1.29, 1.82) is 0 Å². The average molecular weight is 311 g/mol. The Kier molecular flexibility index (Phi) is 5.29. The van der Waals surface area contributed by atoms with E-state index in [1.54, 1.807) is 4.68 Å². The van der Waals surface area contributed by atoms with E-state index >= 15 is 0 Å². The smallest absolute Gasteiger partial charge is 0.226 e. The summed E-state index contributed by atoms with van der Waals surface area (Å²) < 4.78 is 7.24. The van der Waals surface area contributed by atoms with Crippen molar-refractivity contribution in [3.63, 3.8) is 0 Å². The zero-order valence-electron chi connectivity index (χ0n) is 12.8. The molecule has 0 amide bonds. The summed E-state index contributed by atoms with van der Waals surface area (Å²) in [6.45, 7) is 9.89. The van der Waals surface area contributed by atoms with Crippen LogP contribution in [0.2, 0.25) is 0 Å². The summed E-state index contributed by atoms with van der Waals surface area (Å²) in [5, 5.41) is 23.8. The minimum absolute atomic E-state index is 0.0849. The van der Waals surface area contributed by atoms with Crippen molar-refractivity contribution in [3.8, 4) is 0 Å². The number of hydrogen-bond acceptors (Lipinski definition) is 8. The second-order valence-corrected chi connectivity index (χ2v) is 6.54. The van der Waals surface area contributed by atoms with E-state index in [0.717, 1.165) is 24.7 Å². The summed E-state index contributed by atoms with van der Waals surface area (Å²) in [5.41, 5.74) is 0.0849. The Bertz CT molecular complexity index is 560. The van der Waals surface area contributed by atoms with Crippen LogP contribution in [0.25, 0.3) is 0 Å². The Morgan fingerprint density at radius 2 is 1.95 bits per heavy atom. The van der Waals surface area contributed by atoms with Gasteiger partial charge in [-0.1, -0.05) is 18.7 Å². The summed E-state index contributed by atoms with van der Waals surface area (Å²) in [6.07, 6.45) is 0.744. The molecule has 0 aliphatic heterocycles. The molecule has 0 saturated carbocycles. The maximum Gasteiger partial charge on any atom is 0.226 e. The molecule has 0 unspecified atom stereocenters. The van der Waals surface area contributed by atoms with E-state index in [2.05, 4.69) is 51.8 Å². The number of aryl methyl sites for hydroxylation is 1. The first kappa shape index (κ1) is 15.9. The highest BCUT2D eigenvalue weighted by Gasteiger charge is 2.12. The fourth-order valence-corrected chi connectivity index (χ4v) is 2.33. The lowest BCUT2D eigenvalue weighted by Crippen LogP contribution is -2.38. The standard InChI is InChI=1S/C12H21N7OS/c1-5-9-14-15-10(20-9)8-21-11-16-17-18-19(11)7-6-13-12(2,3)4/h13H,5-8H2,1-4H3. The van der Waals surface area contributed by atoms with Gasteiger partial charge in [-0.2, -0.15) is 0 Å². The van der Waals surface area contributed by atoms with Crippen molar-refractivity contribution in [2.45, 2.75) is 57.1 Å². The van der Waals surface area contributed by atoms with Crippen molar-refractivity contribution < 1.29 is 4.42 Å². The molecular formula is C12H21N7OS. The molecule has 0 saturated heterocycles. The number of nitrogens with zero attached hydrogens (tertiary/aromatic N) is 6. The second kappa shape index (κ2) is 6.99. The van der Waals surface area contributed by atoms with E-state index in [4.69, 9.17) is 4.42 Å². The predicted octanol–water partition coefficient (Wildman–Crippen LogP) is 1.30. The third kappa shape index (κ3) is 5.09. The summed E-state index contributed by atoms with van der Waals surface area (Å²) in [7, 11) is 0. The molecule has 0 fully saturated rings. The second-order valence-electron chi connectivity index (χ2n) is 5.59. The van der Waals surface area contributed by atoms with Crippen LogP contribution < -0.4 is 5.32 Å². The van der Waals surface area contributed by atoms with E-state index in [1.807, 2.05) is 6.92 Å². The summed E-state index contributed by atoms with van der Waals surface area (Å²) >= 11 is 1.49. The van der Waals surface area contributed by atoms with Crippen LogP contribution >= 0.6 is 11.8 Å². The van der Waals surface area contributed by atoms with Crippen LogP contribution in [0.1, 0.15) is 39.5 Å². The quantitative estimate of drug-likeness (QED) is 0.765. The molecule has 9 heteroatoms. The van der Waals surface area contributed by atoms with Gasteiger partial charge in [-0.15, -0.1) is 15.3 Å². The maximum absolute atomic E-state index is 5.46. The Morgan fingerprint density at radius 1 is 1.19 bits per heavy atom. The van der Waals surface area contributed by atoms with E-state index in [1.165, 1.54) is 11.8 Å². The van der Waals surface area contributed by atoms with E-state index in [-0.39, 0.29) is 5.54 Å². The molecule has 2 rings (SSSR count). The minimum atomic E-state index is 0.0849. The molecule has 1 N–H and O–H groups in total. The molecule has 8 nitrogen and oxygen atoms in total. The number of thioether (sulfide) groups is 1. The summed E-state index contributed by atoms with van der Waals surface area (Å²) in [4.78, 5) is 0. The van der Waals surface area contributed by atoms with Gasteiger partial charge in [0.05, 0.1) is 12.3 Å². The number of tetrazole rings is 1. The van der Waals surface area contributed by atoms with Gasteiger partial charge in [0.1, 0.15) is 0 Å². The molecule has 0 radical (unpaired) electrons. The van der Waals surface area contributed by atoms with Crippen LogP contribution in [0.4, 0.5) is 0 Å². The van der Waals surface area contributed by atoms with Gasteiger partial charge < -0.3 is 9.73 Å². The van der Waals surface area contributed by atoms with Gasteiger partial charge in [0.2, 0.25) is 16.9 Å². The first-order chi connectivity index (χ1) is 9.98. The highest BCUT2D eigenvalue weighted by molar-refractivity contribution is 7.98. The van der Waals surface area contributed by atoms with Crippen molar-refractivity contribution >= 4 is 11.8 Å². The van der Waals surface area contributed by atoms with E-state index in [0.29, 0.717) is 17.5 Å². The van der Waals surface area contributed by atoms with E-state index < -0.39 is 0 Å². The molecule has 2 heterocycles. The highest BCUT2D eigenvalue weighted by Crippen LogP contribution is 2.19. The molecule has 0 aliphatic rings. The van der Waals surface area contributed by atoms with Gasteiger partial charge in [0, 0.05) is 18.5 Å². The molecule has 116 valence electrons. The fourth-order valence-electron chi connectivity index (χ4n) is 1.59. The molecule has 0 aromatic carbocycles. The molecule has 21 heavy (non-hydrogen) atoms. The first-order valence-corrected chi connectivity index (χ1v) is 7.92. The maximum atomic E-state index is 5.46. The van der Waals surface area contributed by atoms with Crippen LogP contribution in [-0.2, 0) is 18.7 Å². The molecule has 0 spiro atoms. The first-order valence-electron chi connectivity index (χ1n) is 6.93. The largest absolute Gasteiger partial charge is 0.424 e. The van der Waals surface area contributed by atoms with Crippen molar-refractivity contribution in [2.75, 3.05) is 6.54 Å². The van der Waals surface area contributed by atoms with Gasteiger partial charge in [-0.3, -0.25) is 0 Å². The molecule has 0 atom stereocenters. The number of hydrogen-bond donors (Lipinski definition) is 1. The Morgan fingerprint density at radius 3 is 2.62 bits per heavy atom. The van der Waals surface area contributed by atoms with Crippen LogP contribution in [-0.4, -0.2) is 42.5 Å². The third-order valence-corrected chi connectivity index (χ3v) is 3.56. The van der Waals surface area contributed by atoms with Crippen LogP contribution in [0, 0.1) is 0 Å². The zero-order valence-corrected chi connectivity index (χ0v) is 13.6. The molecule has 0 bridgehead atoms. The lowest BCUT2D eigenvalue weighted by Gasteiger charge is -2.20. The lowest BCUT2D eigenvalue weighted by atomic mass is 10.1. The van der Waals surface area contributed by atoms with E-state index in [9.17, 15) is 0 Å². The molecule has 2 aromatic rings.